The molecular formula is C21H22N2O5S. The van der Waals surface area contributed by atoms with Crippen LogP contribution in [-0.4, -0.2) is 31.8 Å². The molecule has 0 saturated heterocycles. The van der Waals surface area contributed by atoms with Crippen molar-refractivity contribution < 1.29 is 22.5 Å². The van der Waals surface area contributed by atoms with Gasteiger partial charge >= 0.3 is 0 Å². The number of sulfone groups is 1. The largest absolute Gasteiger partial charge is 0.489 e. The number of amides is 1. The molecule has 0 atom stereocenters. The van der Waals surface area contributed by atoms with E-state index in [1.54, 1.807) is 42.5 Å². The van der Waals surface area contributed by atoms with Crippen LogP contribution >= 0.6 is 0 Å². The number of benzene rings is 2. The second kappa shape index (κ2) is 8.91. The Kier molecular flexibility index (Phi) is 6.33. The summed E-state index contributed by atoms with van der Waals surface area (Å²) in [7, 11) is -3.44. The van der Waals surface area contributed by atoms with E-state index in [-0.39, 0.29) is 29.7 Å². The number of hydrogen-bond donors (Lipinski definition) is 1. The number of hydrogen-bond acceptors (Lipinski definition) is 6. The average molecular weight is 414 g/mol. The third-order valence-electron chi connectivity index (χ3n) is 4.42. The number of ether oxygens (including phenoxy) is 1. The smallest absolute Gasteiger partial charge is 0.251 e. The van der Waals surface area contributed by atoms with Gasteiger partial charge in [0.25, 0.3) is 5.91 Å². The van der Waals surface area contributed by atoms with Crippen LogP contribution in [0.2, 0.25) is 0 Å². The molecular weight excluding hydrogens is 392 g/mol. The molecule has 8 heteroatoms. The Bertz CT molecular complexity index is 1070. The van der Waals surface area contributed by atoms with Gasteiger partial charge in [0, 0.05) is 12.1 Å². The fraction of sp³-hybridized carbons (Fsp3) is 0.238. The van der Waals surface area contributed by atoms with Gasteiger partial charge in [-0.05, 0) is 44.2 Å². The average Bonchev–Trinajstić information content (AvgIpc) is 3.04. The molecule has 7 nitrogen and oxygen atoms in total. The van der Waals surface area contributed by atoms with Gasteiger partial charge in [0.1, 0.15) is 18.1 Å². The zero-order chi connectivity index (χ0) is 20.9. The van der Waals surface area contributed by atoms with Crippen LogP contribution in [0, 0.1) is 13.8 Å². The molecule has 0 fully saturated rings. The van der Waals surface area contributed by atoms with Crippen LogP contribution < -0.4 is 10.1 Å². The van der Waals surface area contributed by atoms with Crippen LogP contribution in [0.4, 0.5) is 0 Å². The molecule has 0 bridgehead atoms. The molecule has 0 aliphatic rings. The van der Waals surface area contributed by atoms with Crippen LogP contribution in [0.3, 0.4) is 0 Å². The molecule has 1 N–H and O–H groups in total. The lowest BCUT2D eigenvalue weighted by atomic mass is 10.2. The number of carbonyl (C=O) groups excluding carboxylic acids is 1. The van der Waals surface area contributed by atoms with Gasteiger partial charge in [-0.3, -0.25) is 4.79 Å². The van der Waals surface area contributed by atoms with E-state index in [2.05, 4.69) is 10.5 Å². The zero-order valence-electron chi connectivity index (χ0n) is 16.2. The monoisotopic (exact) mass is 414 g/mol. The quantitative estimate of drug-likeness (QED) is 0.608. The number of aryl methyl sites for hydroxylation is 2. The highest BCUT2D eigenvalue weighted by molar-refractivity contribution is 7.91. The molecule has 3 rings (SSSR count). The van der Waals surface area contributed by atoms with E-state index in [4.69, 9.17) is 9.26 Å². The summed E-state index contributed by atoms with van der Waals surface area (Å²) in [6, 6.07) is 14.9. The first-order valence-corrected chi connectivity index (χ1v) is 10.7. The molecule has 0 radical (unpaired) electrons. The first-order valence-electron chi connectivity index (χ1n) is 9.07. The third-order valence-corrected chi connectivity index (χ3v) is 6.15. The Labute approximate surface area is 169 Å². The lowest BCUT2D eigenvalue weighted by Crippen LogP contribution is -2.29. The maximum absolute atomic E-state index is 12.4. The van der Waals surface area contributed by atoms with Crippen LogP contribution in [0.5, 0.6) is 5.75 Å². The Morgan fingerprint density at radius 3 is 2.55 bits per heavy atom. The highest BCUT2D eigenvalue weighted by Gasteiger charge is 2.15. The van der Waals surface area contributed by atoms with Crippen molar-refractivity contribution >= 4 is 15.7 Å². The second-order valence-corrected chi connectivity index (χ2v) is 8.62. The highest BCUT2D eigenvalue weighted by Crippen LogP contribution is 2.18. The molecule has 0 aliphatic heterocycles. The van der Waals surface area contributed by atoms with E-state index in [0.717, 1.165) is 11.3 Å². The predicted octanol–water partition coefficient (Wildman–Crippen LogP) is 3.07. The van der Waals surface area contributed by atoms with E-state index in [9.17, 15) is 13.2 Å². The number of carbonyl (C=O) groups is 1. The van der Waals surface area contributed by atoms with Gasteiger partial charge in [0.15, 0.2) is 9.84 Å². The molecule has 152 valence electrons. The summed E-state index contributed by atoms with van der Waals surface area (Å²) >= 11 is 0. The summed E-state index contributed by atoms with van der Waals surface area (Å²) in [6.45, 7) is 3.94. The minimum absolute atomic E-state index is 0.0141. The first kappa shape index (κ1) is 20.6. The SMILES string of the molecule is Cc1noc(C)c1COc1cccc(C(=O)NCCS(=O)(=O)c2ccccc2)c1. The van der Waals surface area contributed by atoms with Gasteiger partial charge in [0.2, 0.25) is 0 Å². The molecule has 0 unspecified atom stereocenters. The van der Waals surface area contributed by atoms with Crippen LogP contribution in [0.15, 0.2) is 64.0 Å². The first-order chi connectivity index (χ1) is 13.9. The molecule has 0 saturated carbocycles. The fourth-order valence-electron chi connectivity index (χ4n) is 2.74. The summed E-state index contributed by atoms with van der Waals surface area (Å²) in [5.74, 6) is 0.673. The Morgan fingerprint density at radius 1 is 1.10 bits per heavy atom. The Morgan fingerprint density at radius 2 is 1.86 bits per heavy atom. The number of nitrogens with one attached hydrogen (secondary N) is 1. The molecule has 0 aliphatic carbocycles. The summed E-state index contributed by atoms with van der Waals surface area (Å²) in [5, 5.41) is 6.52. The predicted molar refractivity (Wildman–Crippen MR) is 108 cm³/mol. The van der Waals surface area contributed by atoms with Crippen LogP contribution in [0.25, 0.3) is 0 Å². The maximum Gasteiger partial charge on any atom is 0.251 e. The van der Waals surface area contributed by atoms with Gasteiger partial charge in [-0.1, -0.05) is 29.4 Å². The molecule has 1 amide bonds. The van der Waals surface area contributed by atoms with Crippen LogP contribution in [0.1, 0.15) is 27.4 Å². The summed E-state index contributed by atoms with van der Waals surface area (Å²) in [6.07, 6.45) is 0. The van der Waals surface area contributed by atoms with Crippen molar-refractivity contribution in [1.82, 2.24) is 10.5 Å². The number of rotatable bonds is 8. The van der Waals surface area contributed by atoms with Crippen molar-refractivity contribution in [2.75, 3.05) is 12.3 Å². The number of nitrogens with zero attached hydrogens (tertiary/aromatic N) is 1. The van der Waals surface area contributed by atoms with Crippen molar-refractivity contribution in [3.63, 3.8) is 0 Å². The Balaban J connectivity index is 1.57. The van der Waals surface area contributed by atoms with Gasteiger partial charge in [-0.25, -0.2) is 8.42 Å². The summed E-state index contributed by atoms with van der Waals surface area (Å²) < 4.78 is 35.4. The topological polar surface area (TPSA) is 98.5 Å². The van der Waals surface area contributed by atoms with Crippen molar-refractivity contribution in [2.45, 2.75) is 25.3 Å². The zero-order valence-corrected chi connectivity index (χ0v) is 17.0. The lowest BCUT2D eigenvalue weighted by molar-refractivity contribution is 0.0955. The molecule has 0 spiro atoms. The normalized spacial score (nSPS) is 11.2. The fourth-order valence-corrected chi connectivity index (χ4v) is 3.92. The van der Waals surface area contributed by atoms with Gasteiger partial charge in [0.05, 0.1) is 21.9 Å². The molecule has 1 heterocycles. The van der Waals surface area contributed by atoms with Gasteiger partial charge in [-0.2, -0.15) is 0 Å². The molecule has 1 aromatic heterocycles. The van der Waals surface area contributed by atoms with E-state index < -0.39 is 9.84 Å². The van der Waals surface area contributed by atoms with Crippen molar-refractivity contribution in [3.05, 3.63) is 77.2 Å². The van der Waals surface area contributed by atoms with E-state index in [1.165, 1.54) is 12.1 Å². The summed E-state index contributed by atoms with van der Waals surface area (Å²) in [5.41, 5.74) is 2.01. The number of aromatic nitrogens is 1. The van der Waals surface area contributed by atoms with Crippen molar-refractivity contribution in [2.24, 2.45) is 0 Å². The third kappa shape index (κ3) is 5.23. The Hall–Kier alpha value is -3.13. The highest BCUT2D eigenvalue weighted by atomic mass is 32.2. The minimum Gasteiger partial charge on any atom is -0.489 e. The van der Waals surface area contributed by atoms with Crippen molar-refractivity contribution in [3.8, 4) is 5.75 Å². The second-order valence-electron chi connectivity index (χ2n) is 6.51. The van der Waals surface area contributed by atoms with E-state index >= 15 is 0 Å². The van der Waals surface area contributed by atoms with Crippen LogP contribution in [-0.2, 0) is 16.4 Å². The lowest BCUT2D eigenvalue weighted by Gasteiger charge is -2.09. The van der Waals surface area contributed by atoms with Gasteiger partial charge in [-0.15, -0.1) is 0 Å². The van der Waals surface area contributed by atoms with Gasteiger partial charge < -0.3 is 14.6 Å². The summed E-state index contributed by atoms with van der Waals surface area (Å²) in [4.78, 5) is 12.6. The van der Waals surface area contributed by atoms with E-state index in [1.807, 2.05) is 13.8 Å². The van der Waals surface area contributed by atoms with Crippen molar-refractivity contribution in [1.29, 1.82) is 0 Å². The minimum atomic E-state index is -3.44. The standard InChI is InChI=1S/C21H22N2O5S/c1-15-20(16(2)28-23-15)14-27-18-8-6-7-17(13-18)21(24)22-11-12-29(25,26)19-9-4-3-5-10-19/h3-10,13H,11-12,14H2,1-2H3,(H,22,24). The maximum atomic E-state index is 12.4. The molecule has 2 aromatic carbocycles. The molecule has 29 heavy (non-hydrogen) atoms. The molecule has 3 aromatic rings. The van der Waals surface area contributed by atoms with E-state index in [0.29, 0.717) is 17.1 Å².